The maximum absolute atomic E-state index is 12.1. The average Bonchev–Trinajstić information content (AvgIpc) is 2.77. The second-order valence-electron chi connectivity index (χ2n) is 4.51. The molecule has 1 aromatic carbocycles. The molecule has 1 amide bonds. The van der Waals surface area contributed by atoms with Gasteiger partial charge in [0.15, 0.2) is 5.96 Å². The largest absolute Gasteiger partial charge is 0.370 e. The number of benzene rings is 1. The molecule has 1 aliphatic rings. The quantitative estimate of drug-likeness (QED) is 0.439. The van der Waals surface area contributed by atoms with Crippen LogP contribution in [0.25, 0.3) is 11.6 Å². The molecule has 0 saturated heterocycles. The maximum Gasteiger partial charge on any atom is 0.257 e. The number of hydrogen-bond acceptors (Lipinski definition) is 3. The van der Waals surface area contributed by atoms with Gasteiger partial charge in [-0.2, -0.15) is 0 Å². The third-order valence-electron chi connectivity index (χ3n) is 3.06. The highest BCUT2D eigenvalue weighted by Crippen LogP contribution is 2.32. The normalized spacial score (nSPS) is 14.7. The zero-order chi connectivity index (χ0) is 14.8. The van der Waals surface area contributed by atoms with E-state index in [4.69, 9.17) is 11.5 Å². The molecular formula is C15H13N5O. The van der Waals surface area contributed by atoms with E-state index in [2.05, 4.69) is 15.3 Å². The summed E-state index contributed by atoms with van der Waals surface area (Å²) in [6.45, 7) is 0. The van der Waals surface area contributed by atoms with Gasteiger partial charge in [-0.25, -0.2) is 9.98 Å². The first-order valence-electron chi connectivity index (χ1n) is 6.32. The van der Waals surface area contributed by atoms with E-state index >= 15 is 0 Å². The van der Waals surface area contributed by atoms with Crippen LogP contribution >= 0.6 is 0 Å². The number of anilines is 1. The molecule has 5 N–H and O–H groups in total. The number of nitrogens with two attached hydrogens (primary N) is 2. The number of fused-ring (bicyclic) bond motifs is 1. The number of aliphatic imine (C=N–C) groups is 1. The van der Waals surface area contributed by atoms with E-state index < -0.39 is 0 Å². The Bertz CT molecular complexity index is 775. The minimum Gasteiger partial charge on any atom is -0.370 e. The Hall–Kier alpha value is -3.15. The molecule has 2 heterocycles. The number of rotatable bonds is 2. The van der Waals surface area contributed by atoms with Crippen molar-refractivity contribution in [1.82, 2.24) is 4.98 Å². The lowest BCUT2D eigenvalue weighted by atomic mass is 10.0. The smallest absolute Gasteiger partial charge is 0.257 e. The van der Waals surface area contributed by atoms with Crippen molar-refractivity contribution in [3.05, 3.63) is 53.7 Å². The van der Waals surface area contributed by atoms with Crippen LogP contribution in [0.3, 0.4) is 0 Å². The first-order chi connectivity index (χ1) is 10.1. The second-order valence-corrected chi connectivity index (χ2v) is 4.51. The predicted octanol–water partition coefficient (Wildman–Crippen LogP) is 1.48. The van der Waals surface area contributed by atoms with Gasteiger partial charge in [0.05, 0.1) is 11.3 Å². The van der Waals surface area contributed by atoms with E-state index in [0.29, 0.717) is 17.1 Å². The standard InChI is InChI=1S/C15H13N5O/c16-15(17)19-12-6-2-1-4-9(12)8-11-10-5-3-7-18-13(10)20-14(11)21/h1-8H,(H4,16,17,19)(H,18,20,21). The average molecular weight is 279 g/mol. The molecule has 2 aromatic rings. The van der Waals surface area contributed by atoms with Crippen molar-refractivity contribution in [2.24, 2.45) is 16.5 Å². The van der Waals surface area contributed by atoms with Gasteiger partial charge in [-0.1, -0.05) is 18.2 Å². The Kier molecular flexibility index (Phi) is 3.12. The van der Waals surface area contributed by atoms with Crippen LogP contribution in [0.1, 0.15) is 11.1 Å². The Morgan fingerprint density at radius 2 is 2.00 bits per heavy atom. The summed E-state index contributed by atoms with van der Waals surface area (Å²) in [5.74, 6) is 0.343. The maximum atomic E-state index is 12.1. The minimum absolute atomic E-state index is 0.0289. The van der Waals surface area contributed by atoms with Gasteiger partial charge in [0.1, 0.15) is 5.82 Å². The Labute approximate surface area is 121 Å². The first kappa shape index (κ1) is 12.9. The molecule has 3 rings (SSSR count). The Morgan fingerprint density at radius 1 is 1.19 bits per heavy atom. The van der Waals surface area contributed by atoms with Crippen LogP contribution in [0.2, 0.25) is 0 Å². The monoisotopic (exact) mass is 279 g/mol. The first-order valence-corrected chi connectivity index (χ1v) is 6.32. The molecule has 0 spiro atoms. The number of nitrogens with zero attached hydrogens (tertiary/aromatic N) is 2. The molecule has 0 unspecified atom stereocenters. The number of carbonyl (C=O) groups excluding carboxylic acids is 1. The third-order valence-corrected chi connectivity index (χ3v) is 3.06. The molecule has 104 valence electrons. The molecule has 6 nitrogen and oxygen atoms in total. The second kappa shape index (κ2) is 5.09. The lowest BCUT2D eigenvalue weighted by molar-refractivity contribution is -0.110. The van der Waals surface area contributed by atoms with Crippen molar-refractivity contribution in [2.75, 3.05) is 5.32 Å². The van der Waals surface area contributed by atoms with Crippen molar-refractivity contribution in [2.45, 2.75) is 0 Å². The van der Waals surface area contributed by atoms with Crippen LogP contribution in [0.4, 0.5) is 11.5 Å². The fraction of sp³-hybridized carbons (Fsp3) is 0. The van der Waals surface area contributed by atoms with Gasteiger partial charge in [0.25, 0.3) is 5.91 Å². The van der Waals surface area contributed by atoms with Gasteiger partial charge in [-0.15, -0.1) is 0 Å². The van der Waals surface area contributed by atoms with Crippen molar-refractivity contribution in [3.8, 4) is 0 Å². The van der Waals surface area contributed by atoms with Gasteiger partial charge in [-0.05, 0) is 24.3 Å². The van der Waals surface area contributed by atoms with Crippen LogP contribution in [-0.2, 0) is 4.79 Å². The molecule has 6 heteroatoms. The highest BCUT2D eigenvalue weighted by atomic mass is 16.2. The van der Waals surface area contributed by atoms with E-state index in [1.165, 1.54) is 0 Å². The van der Waals surface area contributed by atoms with Crippen molar-refractivity contribution in [1.29, 1.82) is 0 Å². The zero-order valence-corrected chi connectivity index (χ0v) is 11.1. The number of amides is 1. The number of para-hydroxylation sites is 1. The van der Waals surface area contributed by atoms with Gasteiger partial charge in [-0.3, -0.25) is 4.79 Å². The van der Waals surface area contributed by atoms with Crippen LogP contribution in [0, 0.1) is 0 Å². The van der Waals surface area contributed by atoms with Crippen LogP contribution in [0.5, 0.6) is 0 Å². The van der Waals surface area contributed by atoms with Crippen molar-refractivity contribution in [3.63, 3.8) is 0 Å². The van der Waals surface area contributed by atoms with Crippen molar-refractivity contribution < 1.29 is 4.79 Å². The van der Waals surface area contributed by atoms with E-state index in [1.807, 2.05) is 24.3 Å². The number of guanidine groups is 1. The summed E-state index contributed by atoms with van der Waals surface area (Å²) in [6, 6.07) is 10.9. The van der Waals surface area contributed by atoms with Gasteiger partial charge >= 0.3 is 0 Å². The highest BCUT2D eigenvalue weighted by molar-refractivity contribution is 6.34. The zero-order valence-electron chi connectivity index (χ0n) is 11.1. The van der Waals surface area contributed by atoms with E-state index in [1.54, 1.807) is 24.4 Å². The van der Waals surface area contributed by atoms with E-state index in [9.17, 15) is 4.79 Å². The molecule has 0 atom stereocenters. The number of carbonyl (C=O) groups is 1. The molecule has 1 aromatic heterocycles. The number of pyridine rings is 1. The van der Waals surface area contributed by atoms with Gasteiger partial charge < -0.3 is 16.8 Å². The summed E-state index contributed by atoms with van der Waals surface area (Å²) in [7, 11) is 0. The third kappa shape index (κ3) is 2.46. The summed E-state index contributed by atoms with van der Waals surface area (Å²) in [5.41, 5.74) is 13.5. The van der Waals surface area contributed by atoms with Crippen LogP contribution in [0.15, 0.2) is 47.6 Å². The lowest BCUT2D eigenvalue weighted by Gasteiger charge is -2.02. The lowest BCUT2D eigenvalue weighted by Crippen LogP contribution is -2.22. The van der Waals surface area contributed by atoms with Crippen LogP contribution < -0.4 is 16.8 Å². The van der Waals surface area contributed by atoms with Crippen molar-refractivity contribution >= 4 is 35.0 Å². The molecule has 0 aliphatic carbocycles. The van der Waals surface area contributed by atoms with Gasteiger partial charge in [0, 0.05) is 17.3 Å². The summed E-state index contributed by atoms with van der Waals surface area (Å²) >= 11 is 0. The SMILES string of the molecule is NC(N)=Nc1ccccc1C=C1C(=O)Nc2ncccc21. The number of nitrogens with one attached hydrogen (secondary N) is 1. The number of aromatic nitrogens is 1. The molecule has 0 radical (unpaired) electrons. The fourth-order valence-electron chi connectivity index (χ4n) is 2.17. The van der Waals surface area contributed by atoms with Crippen LogP contribution in [-0.4, -0.2) is 16.9 Å². The predicted molar refractivity (Wildman–Crippen MR) is 82.6 cm³/mol. The minimum atomic E-state index is -0.191. The molecule has 21 heavy (non-hydrogen) atoms. The van der Waals surface area contributed by atoms with Gasteiger partial charge in [0.2, 0.25) is 0 Å². The summed E-state index contributed by atoms with van der Waals surface area (Å²) in [5, 5.41) is 2.72. The van der Waals surface area contributed by atoms with E-state index in [-0.39, 0.29) is 11.9 Å². The molecule has 0 bridgehead atoms. The fourth-order valence-corrected chi connectivity index (χ4v) is 2.17. The molecule has 0 saturated carbocycles. The highest BCUT2D eigenvalue weighted by Gasteiger charge is 2.24. The Balaban J connectivity index is 2.11. The molecule has 0 fully saturated rings. The Morgan fingerprint density at radius 3 is 2.81 bits per heavy atom. The number of hydrogen-bond donors (Lipinski definition) is 3. The summed E-state index contributed by atoms with van der Waals surface area (Å²) in [6.07, 6.45) is 3.39. The van der Waals surface area contributed by atoms with E-state index in [0.717, 1.165) is 11.1 Å². The molecule has 1 aliphatic heterocycles. The topological polar surface area (TPSA) is 106 Å². The summed E-state index contributed by atoms with van der Waals surface area (Å²) < 4.78 is 0. The summed E-state index contributed by atoms with van der Waals surface area (Å²) in [4.78, 5) is 20.3. The molecular weight excluding hydrogens is 266 g/mol.